The van der Waals surface area contributed by atoms with E-state index in [1.165, 1.54) is 16.7 Å². The number of benzene rings is 2. The van der Waals surface area contributed by atoms with Gasteiger partial charge in [0.05, 0.1) is 13.2 Å². The van der Waals surface area contributed by atoms with Gasteiger partial charge in [-0.05, 0) is 47.4 Å². The topological polar surface area (TPSA) is 29.5 Å². The van der Waals surface area contributed by atoms with E-state index in [9.17, 15) is 4.79 Å². The Bertz CT molecular complexity index is 756. The lowest BCUT2D eigenvalue weighted by atomic mass is 9.81. The number of halogens is 1. The standard InChI is InChI=1S/C19H18BrNO2/c1-23-14-6-7-15-16(10-14)17(12-2-4-13(20)5-3-12)11-21-18(15)8-9-19(21)22/h2-7,10,17-18H,8-9,11H2,1H3/t17-,18-/m0/s1. The average Bonchev–Trinajstić information content (AvgIpc) is 2.95. The van der Waals surface area contributed by atoms with Crippen LogP contribution in [0.3, 0.4) is 0 Å². The van der Waals surface area contributed by atoms with Crippen molar-refractivity contribution in [1.82, 2.24) is 4.90 Å². The highest BCUT2D eigenvalue weighted by Crippen LogP contribution is 2.45. The van der Waals surface area contributed by atoms with E-state index in [0.29, 0.717) is 6.42 Å². The predicted molar refractivity (Wildman–Crippen MR) is 92.7 cm³/mol. The van der Waals surface area contributed by atoms with Crippen LogP contribution in [0.1, 0.15) is 41.5 Å². The molecule has 4 heteroatoms. The first-order valence-corrected chi connectivity index (χ1v) is 8.69. The SMILES string of the molecule is COc1ccc2c(c1)[C@H](c1ccc(Br)cc1)CN1C(=O)CC[C@@H]21. The van der Waals surface area contributed by atoms with Crippen molar-refractivity contribution >= 4 is 21.8 Å². The van der Waals surface area contributed by atoms with Gasteiger partial charge in [0.25, 0.3) is 0 Å². The third-order valence-electron chi connectivity index (χ3n) is 5.01. The Balaban J connectivity index is 1.84. The van der Waals surface area contributed by atoms with E-state index < -0.39 is 0 Å². The summed E-state index contributed by atoms with van der Waals surface area (Å²) in [5, 5.41) is 0. The highest BCUT2D eigenvalue weighted by molar-refractivity contribution is 9.10. The Morgan fingerprint density at radius 2 is 1.91 bits per heavy atom. The molecule has 23 heavy (non-hydrogen) atoms. The second-order valence-corrected chi connectivity index (χ2v) is 7.12. The minimum Gasteiger partial charge on any atom is -0.497 e. The molecule has 2 atom stereocenters. The number of methoxy groups -OCH3 is 1. The lowest BCUT2D eigenvalue weighted by Crippen LogP contribution is -2.37. The van der Waals surface area contributed by atoms with Crippen molar-refractivity contribution < 1.29 is 9.53 Å². The van der Waals surface area contributed by atoms with E-state index >= 15 is 0 Å². The molecule has 1 saturated heterocycles. The number of carbonyl (C=O) groups excluding carboxylic acids is 1. The van der Waals surface area contributed by atoms with Crippen LogP contribution in [0.25, 0.3) is 0 Å². The van der Waals surface area contributed by atoms with Crippen molar-refractivity contribution in [2.75, 3.05) is 13.7 Å². The van der Waals surface area contributed by atoms with Crippen LogP contribution >= 0.6 is 15.9 Å². The molecule has 118 valence electrons. The van der Waals surface area contributed by atoms with Gasteiger partial charge < -0.3 is 9.64 Å². The normalized spacial score (nSPS) is 22.7. The predicted octanol–water partition coefficient (Wildman–Crippen LogP) is 4.27. The van der Waals surface area contributed by atoms with Crippen LogP contribution in [-0.2, 0) is 4.79 Å². The molecule has 0 radical (unpaired) electrons. The summed E-state index contributed by atoms with van der Waals surface area (Å²) in [6.07, 6.45) is 1.58. The molecule has 0 aromatic heterocycles. The zero-order chi connectivity index (χ0) is 16.0. The van der Waals surface area contributed by atoms with Crippen molar-refractivity contribution in [2.24, 2.45) is 0 Å². The fourth-order valence-corrected chi connectivity index (χ4v) is 4.11. The number of amides is 1. The molecule has 3 nitrogen and oxygen atoms in total. The highest BCUT2D eigenvalue weighted by Gasteiger charge is 2.40. The smallest absolute Gasteiger partial charge is 0.223 e. The van der Waals surface area contributed by atoms with E-state index in [4.69, 9.17) is 4.74 Å². The molecule has 0 saturated carbocycles. The summed E-state index contributed by atoms with van der Waals surface area (Å²) >= 11 is 3.49. The van der Waals surface area contributed by atoms with Crippen molar-refractivity contribution in [3.8, 4) is 5.75 Å². The van der Waals surface area contributed by atoms with E-state index in [1.807, 2.05) is 6.07 Å². The Hall–Kier alpha value is -1.81. The van der Waals surface area contributed by atoms with Gasteiger partial charge in [0, 0.05) is 23.4 Å². The molecular formula is C19H18BrNO2. The molecule has 2 aromatic carbocycles. The van der Waals surface area contributed by atoms with Crippen LogP contribution in [0.4, 0.5) is 0 Å². The van der Waals surface area contributed by atoms with E-state index in [1.54, 1.807) is 7.11 Å². The fourth-order valence-electron chi connectivity index (χ4n) is 3.85. The molecule has 0 bridgehead atoms. The minimum atomic E-state index is 0.200. The third-order valence-corrected chi connectivity index (χ3v) is 5.54. The second-order valence-electron chi connectivity index (χ2n) is 6.20. The summed E-state index contributed by atoms with van der Waals surface area (Å²) in [6.45, 7) is 0.755. The molecule has 0 aliphatic carbocycles. The first-order valence-electron chi connectivity index (χ1n) is 7.90. The summed E-state index contributed by atoms with van der Waals surface area (Å²) in [6, 6.07) is 14.9. The molecule has 0 spiro atoms. The summed E-state index contributed by atoms with van der Waals surface area (Å²) in [7, 11) is 1.70. The Kier molecular flexibility index (Phi) is 3.64. The lowest BCUT2D eigenvalue weighted by Gasteiger charge is -2.37. The summed E-state index contributed by atoms with van der Waals surface area (Å²) < 4.78 is 6.50. The second kappa shape index (κ2) is 5.68. The van der Waals surface area contributed by atoms with Crippen LogP contribution in [0.5, 0.6) is 5.75 Å². The number of ether oxygens (including phenoxy) is 1. The highest BCUT2D eigenvalue weighted by atomic mass is 79.9. The van der Waals surface area contributed by atoms with Crippen molar-refractivity contribution in [1.29, 1.82) is 0 Å². The summed E-state index contributed by atoms with van der Waals surface area (Å²) in [4.78, 5) is 14.3. The molecule has 2 aliphatic rings. The monoisotopic (exact) mass is 371 g/mol. The first kappa shape index (κ1) is 14.8. The van der Waals surface area contributed by atoms with Gasteiger partial charge in [-0.15, -0.1) is 0 Å². The van der Waals surface area contributed by atoms with E-state index in [2.05, 4.69) is 57.2 Å². The number of nitrogens with zero attached hydrogens (tertiary/aromatic N) is 1. The summed E-state index contributed by atoms with van der Waals surface area (Å²) in [5.41, 5.74) is 3.80. The van der Waals surface area contributed by atoms with Crippen LogP contribution in [0.15, 0.2) is 46.9 Å². The lowest BCUT2D eigenvalue weighted by molar-refractivity contribution is -0.129. The van der Waals surface area contributed by atoms with Gasteiger partial charge >= 0.3 is 0 Å². The van der Waals surface area contributed by atoms with Gasteiger partial charge in [0.1, 0.15) is 5.75 Å². The van der Waals surface area contributed by atoms with Crippen molar-refractivity contribution in [3.63, 3.8) is 0 Å². The number of rotatable bonds is 2. The van der Waals surface area contributed by atoms with Crippen LogP contribution in [-0.4, -0.2) is 24.5 Å². The zero-order valence-corrected chi connectivity index (χ0v) is 14.5. The van der Waals surface area contributed by atoms with Crippen molar-refractivity contribution in [2.45, 2.75) is 24.8 Å². The molecular weight excluding hydrogens is 354 g/mol. The molecule has 0 N–H and O–H groups in total. The zero-order valence-electron chi connectivity index (χ0n) is 13.0. The van der Waals surface area contributed by atoms with Crippen LogP contribution < -0.4 is 4.74 Å². The number of hydrogen-bond acceptors (Lipinski definition) is 2. The largest absolute Gasteiger partial charge is 0.497 e. The first-order chi connectivity index (χ1) is 11.2. The van der Waals surface area contributed by atoms with E-state index in [0.717, 1.165) is 23.2 Å². The Morgan fingerprint density at radius 3 is 2.65 bits per heavy atom. The molecule has 2 aromatic rings. The molecule has 2 heterocycles. The Morgan fingerprint density at radius 1 is 1.13 bits per heavy atom. The number of carbonyl (C=O) groups is 1. The van der Waals surface area contributed by atoms with Gasteiger partial charge in [-0.2, -0.15) is 0 Å². The maximum atomic E-state index is 12.3. The molecule has 4 rings (SSSR count). The van der Waals surface area contributed by atoms with Crippen LogP contribution in [0.2, 0.25) is 0 Å². The molecule has 0 unspecified atom stereocenters. The molecule has 1 amide bonds. The van der Waals surface area contributed by atoms with Gasteiger partial charge in [-0.25, -0.2) is 0 Å². The van der Waals surface area contributed by atoms with Crippen LogP contribution in [0, 0.1) is 0 Å². The van der Waals surface area contributed by atoms with Gasteiger partial charge in [-0.3, -0.25) is 4.79 Å². The quantitative estimate of drug-likeness (QED) is 0.788. The third kappa shape index (κ3) is 2.45. The maximum Gasteiger partial charge on any atom is 0.223 e. The Labute approximate surface area is 144 Å². The van der Waals surface area contributed by atoms with Gasteiger partial charge in [0.2, 0.25) is 5.91 Å². The minimum absolute atomic E-state index is 0.200. The molecule has 2 aliphatic heterocycles. The number of hydrogen-bond donors (Lipinski definition) is 0. The van der Waals surface area contributed by atoms with Gasteiger partial charge in [0.15, 0.2) is 0 Å². The number of fused-ring (bicyclic) bond motifs is 3. The van der Waals surface area contributed by atoms with Crippen molar-refractivity contribution in [3.05, 3.63) is 63.6 Å². The maximum absolute atomic E-state index is 12.3. The average molecular weight is 372 g/mol. The van der Waals surface area contributed by atoms with Gasteiger partial charge in [-0.1, -0.05) is 34.1 Å². The fraction of sp³-hybridized carbons (Fsp3) is 0.316. The summed E-state index contributed by atoms with van der Waals surface area (Å²) in [5.74, 6) is 1.36. The van der Waals surface area contributed by atoms with E-state index in [-0.39, 0.29) is 17.9 Å². The molecule has 1 fully saturated rings.